The summed E-state index contributed by atoms with van der Waals surface area (Å²) in [5.41, 5.74) is 3.51. The van der Waals surface area contributed by atoms with Gasteiger partial charge in [0, 0.05) is 25.7 Å². The van der Waals surface area contributed by atoms with Crippen molar-refractivity contribution >= 4 is 17.3 Å². The molecule has 0 saturated carbocycles. The fourth-order valence-corrected chi connectivity index (χ4v) is 3.09. The van der Waals surface area contributed by atoms with Crippen LogP contribution in [-0.2, 0) is 0 Å². The molecule has 1 atom stereocenters. The van der Waals surface area contributed by atoms with Gasteiger partial charge in [-0.2, -0.15) is 0 Å². The molecule has 3 rings (SSSR count). The summed E-state index contributed by atoms with van der Waals surface area (Å²) in [6, 6.07) is 14.1. The normalized spacial score (nSPS) is 18.8. The van der Waals surface area contributed by atoms with Gasteiger partial charge in [-0.15, -0.1) is 0 Å². The number of hydrogen-bond donors (Lipinski definition) is 2. The fourth-order valence-electron chi connectivity index (χ4n) is 2.81. The number of halogens is 1. The Hall–Kier alpha value is -1.71. The first-order valence-corrected chi connectivity index (χ1v) is 7.55. The minimum absolute atomic E-state index is 0.200. The second kappa shape index (κ2) is 5.96. The van der Waals surface area contributed by atoms with Gasteiger partial charge >= 0.3 is 0 Å². The Balaban J connectivity index is 1.96. The summed E-state index contributed by atoms with van der Waals surface area (Å²) in [4.78, 5) is 2.31. The van der Waals surface area contributed by atoms with Crippen molar-refractivity contribution < 1.29 is 5.11 Å². The van der Waals surface area contributed by atoms with Crippen molar-refractivity contribution in [3.8, 4) is 5.75 Å². The lowest BCUT2D eigenvalue weighted by Gasteiger charge is -2.38. The third kappa shape index (κ3) is 2.99. The highest BCUT2D eigenvalue weighted by Gasteiger charge is 2.25. The molecular formula is C17H19ClN2O. The van der Waals surface area contributed by atoms with Crippen LogP contribution in [0.2, 0.25) is 5.02 Å². The molecule has 3 nitrogen and oxygen atoms in total. The van der Waals surface area contributed by atoms with Crippen LogP contribution in [0.15, 0.2) is 42.5 Å². The fraction of sp³-hybridized carbons (Fsp3) is 0.294. The first-order valence-electron chi connectivity index (χ1n) is 7.17. The predicted molar refractivity (Wildman–Crippen MR) is 87.3 cm³/mol. The highest BCUT2D eigenvalue weighted by Crippen LogP contribution is 2.35. The summed E-state index contributed by atoms with van der Waals surface area (Å²) in [5, 5.41) is 13.6. The number of aryl methyl sites for hydroxylation is 1. The van der Waals surface area contributed by atoms with Gasteiger partial charge in [-0.3, -0.25) is 0 Å². The smallest absolute Gasteiger partial charge is 0.117 e. The van der Waals surface area contributed by atoms with Gasteiger partial charge in [0.1, 0.15) is 5.75 Å². The SMILES string of the molecule is Cc1ccc([C@@H]2CNCCN2c2ccc(O)cc2Cl)cc1. The van der Waals surface area contributed by atoms with Gasteiger partial charge < -0.3 is 15.3 Å². The summed E-state index contributed by atoms with van der Waals surface area (Å²) in [7, 11) is 0. The van der Waals surface area contributed by atoms with Gasteiger partial charge in [0.25, 0.3) is 0 Å². The zero-order valence-corrected chi connectivity index (χ0v) is 12.8. The zero-order chi connectivity index (χ0) is 14.8. The Kier molecular flexibility index (Phi) is 4.04. The molecule has 2 aromatic carbocycles. The molecule has 1 fully saturated rings. The molecule has 0 amide bonds. The lowest BCUT2D eigenvalue weighted by molar-refractivity contribution is 0.473. The van der Waals surface area contributed by atoms with Crippen molar-refractivity contribution in [3.63, 3.8) is 0 Å². The highest BCUT2D eigenvalue weighted by atomic mass is 35.5. The number of nitrogens with one attached hydrogen (secondary N) is 1. The lowest BCUT2D eigenvalue weighted by atomic mass is 10.0. The standard InChI is InChI=1S/C17H19ClN2O/c1-12-2-4-13(5-3-12)17-11-19-8-9-20(17)16-7-6-14(21)10-15(16)18/h2-7,10,17,19,21H,8-9,11H2,1H3/t17-/m0/s1. The Morgan fingerprint density at radius 1 is 1.19 bits per heavy atom. The van der Waals surface area contributed by atoms with E-state index in [4.69, 9.17) is 11.6 Å². The van der Waals surface area contributed by atoms with Crippen LogP contribution in [0.25, 0.3) is 0 Å². The van der Waals surface area contributed by atoms with E-state index in [0.717, 1.165) is 25.3 Å². The second-order valence-electron chi connectivity index (χ2n) is 5.46. The maximum atomic E-state index is 9.53. The maximum Gasteiger partial charge on any atom is 0.117 e. The van der Waals surface area contributed by atoms with Gasteiger partial charge in [0.2, 0.25) is 0 Å². The number of hydrogen-bond acceptors (Lipinski definition) is 3. The molecular weight excluding hydrogens is 284 g/mol. The Morgan fingerprint density at radius 3 is 2.67 bits per heavy atom. The van der Waals surface area contributed by atoms with E-state index in [0.29, 0.717) is 5.02 Å². The number of piperazine rings is 1. The average molecular weight is 303 g/mol. The van der Waals surface area contributed by atoms with Crippen molar-refractivity contribution in [3.05, 3.63) is 58.6 Å². The van der Waals surface area contributed by atoms with E-state index in [1.165, 1.54) is 11.1 Å². The van der Waals surface area contributed by atoms with Crippen molar-refractivity contribution in [1.29, 1.82) is 0 Å². The monoisotopic (exact) mass is 302 g/mol. The zero-order valence-electron chi connectivity index (χ0n) is 12.0. The summed E-state index contributed by atoms with van der Waals surface area (Å²) < 4.78 is 0. The topological polar surface area (TPSA) is 35.5 Å². The molecule has 1 heterocycles. The lowest BCUT2D eigenvalue weighted by Crippen LogP contribution is -2.46. The molecule has 0 aromatic heterocycles. The van der Waals surface area contributed by atoms with Crippen molar-refractivity contribution in [2.24, 2.45) is 0 Å². The van der Waals surface area contributed by atoms with Gasteiger partial charge in [-0.1, -0.05) is 41.4 Å². The van der Waals surface area contributed by atoms with E-state index in [2.05, 4.69) is 41.4 Å². The van der Waals surface area contributed by atoms with Gasteiger partial charge in [-0.05, 0) is 24.6 Å². The van der Waals surface area contributed by atoms with E-state index >= 15 is 0 Å². The molecule has 0 bridgehead atoms. The molecule has 1 saturated heterocycles. The van der Waals surface area contributed by atoms with E-state index in [1.807, 2.05) is 6.07 Å². The number of phenols is 1. The third-order valence-electron chi connectivity index (χ3n) is 3.95. The quantitative estimate of drug-likeness (QED) is 0.891. The first kappa shape index (κ1) is 14.2. The number of aromatic hydroxyl groups is 1. The molecule has 21 heavy (non-hydrogen) atoms. The molecule has 0 radical (unpaired) electrons. The largest absolute Gasteiger partial charge is 0.508 e. The van der Waals surface area contributed by atoms with Gasteiger partial charge in [-0.25, -0.2) is 0 Å². The predicted octanol–water partition coefficient (Wildman–Crippen LogP) is 3.50. The van der Waals surface area contributed by atoms with Gasteiger partial charge in [0.15, 0.2) is 0 Å². The maximum absolute atomic E-state index is 9.53. The average Bonchev–Trinajstić information content (AvgIpc) is 2.48. The molecule has 1 aliphatic rings. The molecule has 1 aliphatic heterocycles. The Labute approximate surface area is 130 Å². The van der Waals surface area contributed by atoms with Crippen LogP contribution in [0.5, 0.6) is 5.75 Å². The van der Waals surface area contributed by atoms with Crippen LogP contribution < -0.4 is 10.2 Å². The number of anilines is 1. The van der Waals surface area contributed by atoms with Crippen LogP contribution in [0, 0.1) is 6.92 Å². The molecule has 2 N–H and O–H groups in total. The van der Waals surface area contributed by atoms with Crippen molar-refractivity contribution in [1.82, 2.24) is 5.32 Å². The van der Waals surface area contributed by atoms with E-state index in [9.17, 15) is 5.11 Å². The first-order chi connectivity index (χ1) is 10.1. The van der Waals surface area contributed by atoms with Crippen molar-refractivity contribution in [2.75, 3.05) is 24.5 Å². The molecule has 0 spiro atoms. The molecule has 0 aliphatic carbocycles. The number of benzene rings is 2. The van der Waals surface area contributed by atoms with Crippen LogP contribution in [0.4, 0.5) is 5.69 Å². The van der Waals surface area contributed by atoms with Crippen LogP contribution in [0.3, 0.4) is 0 Å². The van der Waals surface area contributed by atoms with Crippen LogP contribution in [-0.4, -0.2) is 24.7 Å². The summed E-state index contributed by atoms with van der Waals surface area (Å²) in [5.74, 6) is 0.200. The summed E-state index contributed by atoms with van der Waals surface area (Å²) in [6.07, 6.45) is 0. The number of nitrogens with zero attached hydrogens (tertiary/aromatic N) is 1. The van der Waals surface area contributed by atoms with Crippen LogP contribution in [0.1, 0.15) is 17.2 Å². The van der Waals surface area contributed by atoms with Gasteiger partial charge in [0.05, 0.1) is 16.8 Å². The summed E-state index contributed by atoms with van der Waals surface area (Å²) in [6.45, 7) is 4.81. The molecule has 2 aromatic rings. The van der Waals surface area contributed by atoms with Crippen molar-refractivity contribution in [2.45, 2.75) is 13.0 Å². The van der Waals surface area contributed by atoms with E-state index in [1.54, 1.807) is 12.1 Å². The Morgan fingerprint density at radius 2 is 1.95 bits per heavy atom. The molecule has 0 unspecified atom stereocenters. The van der Waals surface area contributed by atoms with E-state index in [-0.39, 0.29) is 11.8 Å². The third-order valence-corrected chi connectivity index (χ3v) is 4.25. The highest BCUT2D eigenvalue weighted by molar-refractivity contribution is 6.33. The molecule has 4 heteroatoms. The molecule has 110 valence electrons. The Bertz CT molecular complexity index is 627. The number of phenolic OH excluding ortho intramolecular Hbond substituents is 1. The summed E-state index contributed by atoms with van der Waals surface area (Å²) >= 11 is 6.32. The second-order valence-corrected chi connectivity index (χ2v) is 5.87. The van der Waals surface area contributed by atoms with Crippen LogP contribution >= 0.6 is 11.6 Å². The minimum atomic E-state index is 0.200. The minimum Gasteiger partial charge on any atom is -0.508 e. The van der Waals surface area contributed by atoms with E-state index < -0.39 is 0 Å². The number of rotatable bonds is 2.